The van der Waals surface area contributed by atoms with Crippen molar-refractivity contribution in [2.75, 3.05) is 0 Å². The largest absolute Gasteiger partial charge is 0.515 e. The second-order valence-electron chi connectivity index (χ2n) is 7.66. The maximum absolute atomic E-state index is 12.6. The molecule has 2 aliphatic rings. The number of aliphatic hydroxyl groups is 1. The summed E-state index contributed by atoms with van der Waals surface area (Å²) in [5.74, 6) is 0.364. The summed E-state index contributed by atoms with van der Waals surface area (Å²) in [4.78, 5) is 12.6. The lowest BCUT2D eigenvalue weighted by atomic mass is 9.50. The van der Waals surface area contributed by atoms with Gasteiger partial charge in [0.05, 0.1) is 12.0 Å². The Kier molecular flexibility index (Phi) is 3.46. The van der Waals surface area contributed by atoms with Crippen LogP contribution >= 0.6 is 0 Å². The Labute approximate surface area is 132 Å². The first-order valence-corrected chi connectivity index (χ1v) is 8.29. The SMILES string of the molecule is CCCn1cc2c(n1)[C@@]1(C)C/C(=C/O)C(=O)C(C)(C)[C@@H]1CC2. The van der Waals surface area contributed by atoms with Crippen LogP contribution in [-0.4, -0.2) is 20.7 Å². The average molecular weight is 302 g/mol. The Morgan fingerprint density at radius 2 is 2.18 bits per heavy atom. The molecule has 2 atom stereocenters. The minimum atomic E-state index is -0.451. The van der Waals surface area contributed by atoms with Gasteiger partial charge in [0.25, 0.3) is 0 Å². The lowest BCUT2D eigenvalue weighted by Gasteiger charge is -2.52. The normalized spacial score (nSPS) is 31.9. The van der Waals surface area contributed by atoms with Crippen molar-refractivity contribution < 1.29 is 9.90 Å². The predicted molar refractivity (Wildman–Crippen MR) is 85.8 cm³/mol. The Balaban J connectivity index is 2.11. The molecule has 2 aliphatic carbocycles. The van der Waals surface area contributed by atoms with E-state index in [1.54, 1.807) is 0 Å². The number of carbonyl (C=O) groups excluding carboxylic acids is 1. The zero-order valence-corrected chi connectivity index (χ0v) is 14.0. The first kappa shape index (κ1) is 15.3. The van der Waals surface area contributed by atoms with Gasteiger partial charge < -0.3 is 5.11 Å². The van der Waals surface area contributed by atoms with Crippen LogP contribution in [0.1, 0.15) is 58.2 Å². The molecule has 0 aliphatic heterocycles. The number of ketones is 1. The highest BCUT2D eigenvalue weighted by Gasteiger charge is 2.56. The van der Waals surface area contributed by atoms with E-state index in [2.05, 4.69) is 20.0 Å². The molecule has 0 bridgehead atoms. The molecule has 1 fully saturated rings. The van der Waals surface area contributed by atoms with Crippen molar-refractivity contribution in [2.24, 2.45) is 11.3 Å². The molecule has 1 heterocycles. The van der Waals surface area contributed by atoms with Crippen LogP contribution in [0.25, 0.3) is 0 Å². The van der Waals surface area contributed by atoms with Gasteiger partial charge in [-0.3, -0.25) is 9.48 Å². The highest BCUT2D eigenvalue weighted by Crippen LogP contribution is 2.56. The number of hydrogen-bond donors (Lipinski definition) is 1. The maximum atomic E-state index is 12.6. The van der Waals surface area contributed by atoms with Crippen LogP contribution in [0.5, 0.6) is 0 Å². The summed E-state index contributed by atoms with van der Waals surface area (Å²) in [5.41, 5.74) is 2.38. The molecular weight excluding hydrogens is 276 g/mol. The molecule has 22 heavy (non-hydrogen) atoms. The molecule has 1 aromatic rings. The van der Waals surface area contributed by atoms with Gasteiger partial charge in [0.15, 0.2) is 5.78 Å². The lowest BCUT2D eigenvalue weighted by molar-refractivity contribution is -0.131. The summed E-state index contributed by atoms with van der Waals surface area (Å²) in [6.07, 6.45) is 6.85. The van der Waals surface area contributed by atoms with Gasteiger partial charge in [0.2, 0.25) is 0 Å². The smallest absolute Gasteiger partial charge is 0.167 e. The lowest BCUT2D eigenvalue weighted by Crippen LogP contribution is -2.53. The van der Waals surface area contributed by atoms with Crippen LogP contribution in [-0.2, 0) is 23.2 Å². The van der Waals surface area contributed by atoms with Gasteiger partial charge in [-0.25, -0.2) is 0 Å². The number of fused-ring (bicyclic) bond motifs is 3. The number of aliphatic hydroxyl groups excluding tert-OH is 1. The van der Waals surface area contributed by atoms with Crippen molar-refractivity contribution in [3.05, 3.63) is 29.3 Å². The van der Waals surface area contributed by atoms with Crippen molar-refractivity contribution in [3.63, 3.8) is 0 Å². The van der Waals surface area contributed by atoms with Gasteiger partial charge in [0, 0.05) is 29.1 Å². The Hall–Kier alpha value is -1.58. The van der Waals surface area contributed by atoms with E-state index in [9.17, 15) is 9.90 Å². The molecule has 0 spiro atoms. The molecule has 4 nitrogen and oxygen atoms in total. The van der Waals surface area contributed by atoms with Gasteiger partial charge in [-0.1, -0.05) is 27.7 Å². The third kappa shape index (κ3) is 1.96. The van der Waals surface area contributed by atoms with E-state index < -0.39 is 5.41 Å². The van der Waals surface area contributed by atoms with Gasteiger partial charge in [-0.15, -0.1) is 0 Å². The maximum Gasteiger partial charge on any atom is 0.167 e. The van der Waals surface area contributed by atoms with Gasteiger partial charge >= 0.3 is 0 Å². The molecule has 0 unspecified atom stereocenters. The summed E-state index contributed by atoms with van der Waals surface area (Å²) in [5, 5.41) is 14.4. The number of aromatic nitrogens is 2. The van der Waals surface area contributed by atoms with Crippen LogP contribution in [0.2, 0.25) is 0 Å². The fourth-order valence-electron chi connectivity index (χ4n) is 4.77. The van der Waals surface area contributed by atoms with Crippen molar-refractivity contribution in [1.82, 2.24) is 9.78 Å². The van der Waals surface area contributed by atoms with Crippen molar-refractivity contribution >= 4 is 5.78 Å². The average Bonchev–Trinajstić information content (AvgIpc) is 2.87. The fourth-order valence-corrected chi connectivity index (χ4v) is 4.77. The zero-order chi connectivity index (χ0) is 16.1. The number of nitrogens with zero attached hydrogens (tertiary/aromatic N) is 2. The predicted octanol–water partition coefficient (Wildman–Crippen LogP) is 3.55. The zero-order valence-electron chi connectivity index (χ0n) is 14.0. The second kappa shape index (κ2) is 4.97. The van der Waals surface area contributed by atoms with E-state index in [0.717, 1.165) is 37.8 Å². The Morgan fingerprint density at radius 3 is 2.82 bits per heavy atom. The molecule has 1 N–H and O–H groups in total. The standard InChI is InChI=1S/C18H26N2O2/c1-5-8-20-10-12-6-7-14-17(2,3)16(22)13(11-21)9-18(14,4)15(12)19-20/h10-11,14,21H,5-9H2,1-4H3/b13-11-/t14-,18-/m0/s1. The molecule has 0 radical (unpaired) electrons. The number of Topliss-reactive ketones (excluding diaryl/α,β-unsaturated/α-hetero) is 1. The Morgan fingerprint density at radius 1 is 1.45 bits per heavy atom. The molecule has 3 rings (SSSR count). The topological polar surface area (TPSA) is 55.1 Å². The minimum Gasteiger partial charge on any atom is -0.515 e. The van der Waals surface area contributed by atoms with Crippen molar-refractivity contribution in [2.45, 2.75) is 65.3 Å². The minimum absolute atomic E-state index is 0.0916. The third-order valence-corrected chi connectivity index (χ3v) is 5.76. The van der Waals surface area contributed by atoms with Crippen LogP contribution in [0.15, 0.2) is 18.0 Å². The summed E-state index contributed by atoms with van der Waals surface area (Å²) in [6.45, 7) is 9.35. The fraction of sp³-hybridized carbons (Fsp3) is 0.667. The van der Waals surface area contributed by atoms with E-state index in [4.69, 9.17) is 5.10 Å². The summed E-state index contributed by atoms with van der Waals surface area (Å²) < 4.78 is 2.05. The molecule has 1 saturated carbocycles. The van der Waals surface area contributed by atoms with Crippen molar-refractivity contribution in [1.29, 1.82) is 0 Å². The summed E-state index contributed by atoms with van der Waals surface area (Å²) >= 11 is 0. The van der Waals surface area contributed by atoms with Crippen LogP contribution < -0.4 is 0 Å². The second-order valence-corrected chi connectivity index (χ2v) is 7.66. The van der Waals surface area contributed by atoms with Gasteiger partial charge in [0.1, 0.15) is 0 Å². The molecule has 0 saturated heterocycles. The molecule has 0 aromatic carbocycles. The quantitative estimate of drug-likeness (QED) is 0.671. The molecule has 0 amide bonds. The molecular formula is C18H26N2O2. The van der Waals surface area contributed by atoms with Crippen LogP contribution in [0.3, 0.4) is 0 Å². The van der Waals surface area contributed by atoms with E-state index >= 15 is 0 Å². The first-order valence-electron chi connectivity index (χ1n) is 8.29. The number of aryl methyl sites for hydroxylation is 2. The van der Waals surface area contributed by atoms with Crippen molar-refractivity contribution in [3.8, 4) is 0 Å². The van der Waals surface area contributed by atoms with Crippen LogP contribution in [0.4, 0.5) is 0 Å². The number of rotatable bonds is 2. The van der Waals surface area contributed by atoms with E-state index in [1.165, 1.54) is 5.56 Å². The Bertz CT molecular complexity index is 642. The molecule has 1 aromatic heterocycles. The highest BCUT2D eigenvalue weighted by atomic mass is 16.2. The van der Waals surface area contributed by atoms with E-state index in [1.807, 2.05) is 18.5 Å². The summed E-state index contributed by atoms with van der Waals surface area (Å²) in [7, 11) is 0. The monoisotopic (exact) mass is 302 g/mol. The van der Waals surface area contributed by atoms with Crippen LogP contribution in [0, 0.1) is 11.3 Å². The highest BCUT2D eigenvalue weighted by molar-refractivity contribution is 6.00. The number of allylic oxidation sites excluding steroid dienone is 1. The van der Waals surface area contributed by atoms with Gasteiger partial charge in [-0.05, 0) is 37.2 Å². The number of hydrogen-bond acceptors (Lipinski definition) is 3. The van der Waals surface area contributed by atoms with Gasteiger partial charge in [-0.2, -0.15) is 5.10 Å². The van der Waals surface area contributed by atoms with E-state index in [0.29, 0.717) is 12.0 Å². The molecule has 4 heteroatoms. The van der Waals surface area contributed by atoms with E-state index in [-0.39, 0.29) is 17.1 Å². The third-order valence-electron chi connectivity index (χ3n) is 5.76. The first-order chi connectivity index (χ1) is 10.3. The number of carbonyl (C=O) groups is 1. The molecule has 120 valence electrons. The summed E-state index contributed by atoms with van der Waals surface area (Å²) in [6, 6.07) is 0.